The van der Waals surface area contributed by atoms with Crippen LogP contribution < -0.4 is 5.73 Å². The predicted octanol–water partition coefficient (Wildman–Crippen LogP) is 0.461. The van der Waals surface area contributed by atoms with Gasteiger partial charge in [0.1, 0.15) is 0 Å². The van der Waals surface area contributed by atoms with Gasteiger partial charge in [-0.15, -0.1) is 0 Å². The number of nitrogens with two attached hydrogens (primary N) is 1. The molecule has 0 bridgehead atoms. The van der Waals surface area contributed by atoms with Crippen molar-refractivity contribution in [2.45, 2.75) is 25.8 Å². The Labute approximate surface area is 78.1 Å². The van der Waals surface area contributed by atoms with Crippen molar-refractivity contribution in [2.24, 2.45) is 17.6 Å². The number of rotatable bonds is 3. The number of carboxylic acids is 1. The van der Waals surface area contributed by atoms with E-state index >= 15 is 0 Å². The average molecular weight is 187 g/mol. The molecule has 0 aromatic rings. The van der Waals surface area contributed by atoms with E-state index in [-0.39, 0.29) is 6.04 Å². The summed E-state index contributed by atoms with van der Waals surface area (Å²) in [7, 11) is 0. The third-order valence-electron chi connectivity index (χ3n) is 2.78. The van der Waals surface area contributed by atoms with E-state index in [2.05, 4.69) is 0 Å². The molecule has 1 heterocycles. The van der Waals surface area contributed by atoms with Gasteiger partial charge in [-0.05, 0) is 18.8 Å². The fourth-order valence-electron chi connectivity index (χ4n) is 1.67. The van der Waals surface area contributed by atoms with Gasteiger partial charge in [-0.25, -0.2) is 0 Å². The normalized spacial score (nSPS) is 23.8. The molecule has 0 amide bonds. The quantitative estimate of drug-likeness (QED) is 0.673. The van der Waals surface area contributed by atoms with Crippen LogP contribution in [0, 0.1) is 11.8 Å². The molecule has 1 aliphatic heterocycles. The largest absolute Gasteiger partial charge is 0.481 e. The second-order valence-electron chi connectivity index (χ2n) is 3.65. The third kappa shape index (κ3) is 2.67. The highest BCUT2D eigenvalue weighted by molar-refractivity contribution is 5.70. The SMILES string of the molecule is CC(C(=O)O)C(N)C1CCOCC1. The molecule has 0 aromatic heterocycles. The molecule has 1 fully saturated rings. The van der Waals surface area contributed by atoms with Gasteiger partial charge in [0.25, 0.3) is 0 Å². The van der Waals surface area contributed by atoms with Crippen molar-refractivity contribution < 1.29 is 14.6 Å². The van der Waals surface area contributed by atoms with Crippen LogP contribution in [-0.2, 0) is 9.53 Å². The van der Waals surface area contributed by atoms with Gasteiger partial charge < -0.3 is 15.6 Å². The van der Waals surface area contributed by atoms with Crippen LogP contribution in [0.25, 0.3) is 0 Å². The summed E-state index contributed by atoms with van der Waals surface area (Å²) >= 11 is 0. The van der Waals surface area contributed by atoms with Crippen molar-refractivity contribution in [1.29, 1.82) is 0 Å². The number of hydrogen-bond donors (Lipinski definition) is 2. The molecular weight excluding hydrogens is 170 g/mol. The summed E-state index contributed by atoms with van der Waals surface area (Å²) in [5.41, 5.74) is 5.86. The summed E-state index contributed by atoms with van der Waals surface area (Å²) < 4.78 is 5.19. The lowest BCUT2D eigenvalue weighted by Gasteiger charge is -2.29. The van der Waals surface area contributed by atoms with Gasteiger partial charge >= 0.3 is 5.97 Å². The molecule has 2 unspecified atom stereocenters. The van der Waals surface area contributed by atoms with Crippen LogP contribution in [0.4, 0.5) is 0 Å². The van der Waals surface area contributed by atoms with Gasteiger partial charge in [-0.2, -0.15) is 0 Å². The van der Waals surface area contributed by atoms with E-state index in [0.29, 0.717) is 19.1 Å². The van der Waals surface area contributed by atoms with Crippen molar-refractivity contribution in [3.8, 4) is 0 Å². The molecular formula is C9H17NO3. The van der Waals surface area contributed by atoms with E-state index in [1.54, 1.807) is 6.92 Å². The first-order valence-electron chi connectivity index (χ1n) is 4.69. The third-order valence-corrected chi connectivity index (χ3v) is 2.78. The highest BCUT2D eigenvalue weighted by Crippen LogP contribution is 2.22. The smallest absolute Gasteiger partial charge is 0.307 e. The molecule has 4 nitrogen and oxygen atoms in total. The Hall–Kier alpha value is -0.610. The Morgan fingerprint density at radius 1 is 1.54 bits per heavy atom. The molecule has 0 aliphatic carbocycles. The minimum absolute atomic E-state index is 0.235. The van der Waals surface area contributed by atoms with Gasteiger partial charge in [0, 0.05) is 19.3 Å². The Kier molecular flexibility index (Phi) is 3.69. The molecule has 4 heteroatoms. The molecule has 1 aliphatic rings. The summed E-state index contributed by atoms with van der Waals surface area (Å²) in [6.45, 7) is 3.10. The van der Waals surface area contributed by atoms with E-state index in [4.69, 9.17) is 15.6 Å². The van der Waals surface area contributed by atoms with Crippen LogP contribution >= 0.6 is 0 Å². The van der Waals surface area contributed by atoms with Crippen LogP contribution in [0.15, 0.2) is 0 Å². The van der Waals surface area contributed by atoms with Crippen LogP contribution in [-0.4, -0.2) is 30.3 Å². The molecule has 0 spiro atoms. The lowest BCUT2D eigenvalue weighted by atomic mass is 9.85. The molecule has 0 aromatic carbocycles. The summed E-state index contributed by atoms with van der Waals surface area (Å²) in [5.74, 6) is -0.957. The first-order chi connectivity index (χ1) is 6.13. The standard InChI is InChI=1S/C9H17NO3/c1-6(9(11)12)8(10)7-2-4-13-5-3-7/h6-8H,2-5,10H2,1H3,(H,11,12). The molecule has 76 valence electrons. The average Bonchev–Trinajstić information content (AvgIpc) is 2.17. The van der Waals surface area contributed by atoms with E-state index in [1.807, 2.05) is 0 Å². The second kappa shape index (κ2) is 4.58. The first kappa shape index (κ1) is 10.5. The molecule has 3 N–H and O–H groups in total. The zero-order valence-corrected chi connectivity index (χ0v) is 7.90. The van der Waals surface area contributed by atoms with Gasteiger partial charge in [0.2, 0.25) is 0 Å². The highest BCUT2D eigenvalue weighted by atomic mass is 16.5. The highest BCUT2D eigenvalue weighted by Gasteiger charge is 2.28. The number of aliphatic carboxylic acids is 1. The topological polar surface area (TPSA) is 72.5 Å². The Bertz CT molecular complexity index is 178. The molecule has 1 saturated heterocycles. The van der Waals surface area contributed by atoms with E-state index < -0.39 is 11.9 Å². The van der Waals surface area contributed by atoms with Gasteiger partial charge in [0.15, 0.2) is 0 Å². The van der Waals surface area contributed by atoms with Gasteiger partial charge in [0.05, 0.1) is 5.92 Å². The van der Waals surface area contributed by atoms with Crippen LogP contribution in [0.2, 0.25) is 0 Å². The maximum Gasteiger partial charge on any atom is 0.307 e. The van der Waals surface area contributed by atoms with Crippen molar-refractivity contribution >= 4 is 5.97 Å². The number of carbonyl (C=O) groups is 1. The fourth-order valence-corrected chi connectivity index (χ4v) is 1.67. The van der Waals surface area contributed by atoms with E-state index in [0.717, 1.165) is 12.8 Å². The molecule has 13 heavy (non-hydrogen) atoms. The first-order valence-corrected chi connectivity index (χ1v) is 4.69. The minimum atomic E-state index is -0.806. The molecule has 0 radical (unpaired) electrons. The van der Waals surface area contributed by atoms with Crippen LogP contribution in [0.1, 0.15) is 19.8 Å². The maximum atomic E-state index is 10.7. The van der Waals surface area contributed by atoms with Crippen molar-refractivity contribution in [2.75, 3.05) is 13.2 Å². The Morgan fingerprint density at radius 3 is 2.54 bits per heavy atom. The zero-order valence-electron chi connectivity index (χ0n) is 7.90. The predicted molar refractivity (Wildman–Crippen MR) is 48.3 cm³/mol. The van der Waals surface area contributed by atoms with Crippen molar-refractivity contribution in [1.82, 2.24) is 0 Å². The number of ether oxygens (including phenoxy) is 1. The summed E-state index contributed by atoms with van der Waals surface area (Å²) in [4.78, 5) is 10.7. The maximum absolute atomic E-state index is 10.7. The van der Waals surface area contributed by atoms with Crippen molar-refractivity contribution in [3.05, 3.63) is 0 Å². The Morgan fingerprint density at radius 2 is 2.08 bits per heavy atom. The zero-order chi connectivity index (χ0) is 9.84. The Balaban J connectivity index is 2.44. The minimum Gasteiger partial charge on any atom is -0.481 e. The lowest BCUT2D eigenvalue weighted by molar-refractivity contribution is -0.142. The molecule has 0 saturated carbocycles. The molecule has 1 rings (SSSR count). The second-order valence-corrected chi connectivity index (χ2v) is 3.65. The monoisotopic (exact) mass is 187 g/mol. The lowest BCUT2D eigenvalue weighted by Crippen LogP contribution is -2.42. The number of carboxylic acid groups (broad SMARTS) is 1. The van der Waals surface area contributed by atoms with Gasteiger partial charge in [-0.1, -0.05) is 6.92 Å². The summed E-state index contributed by atoms with van der Waals surface area (Å²) in [6.07, 6.45) is 1.78. The number of hydrogen-bond acceptors (Lipinski definition) is 3. The van der Waals surface area contributed by atoms with Crippen LogP contribution in [0.5, 0.6) is 0 Å². The van der Waals surface area contributed by atoms with Crippen molar-refractivity contribution in [3.63, 3.8) is 0 Å². The summed E-state index contributed by atoms with van der Waals surface area (Å²) in [5, 5.41) is 8.77. The van der Waals surface area contributed by atoms with E-state index in [1.165, 1.54) is 0 Å². The molecule has 2 atom stereocenters. The van der Waals surface area contributed by atoms with Gasteiger partial charge in [-0.3, -0.25) is 4.79 Å². The summed E-state index contributed by atoms with van der Waals surface area (Å²) in [6, 6.07) is -0.235. The van der Waals surface area contributed by atoms with E-state index in [9.17, 15) is 4.79 Å². The fraction of sp³-hybridized carbons (Fsp3) is 0.889. The van der Waals surface area contributed by atoms with Crippen LogP contribution in [0.3, 0.4) is 0 Å².